The zero-order chi connectivity index (χ0) is 26.6. The van der Waals surface area contributed by atoms with Crippen LogP contribution in [0.2, 0.25) is 0 Å². The van der Waals surface area contributed by atoms with Crippen LogP contribution in [0.5, 0.6) is 0 Å². The molecule has 4 unspecified atom stereocenters. The summed E-state index contributed by atoms with van der Waals surface area (Å²) in [5.74, 6) is 2.58. The Morgan fingerprint density at radius 2 is 0.875 bits per heavy atom. The molecule has 0 spiro atoms. The molecule has 32 heavy (non-hydrogen) atoms. The van der Waals surface area contributed by atoms with Crippen molar-refractivity contribution in [1.29, 1.82) is 0 Å². The van der Waals surface area contributed by atoms with E-state index < -0.39 is 69.3 Å². The highest BCUT2D eigenvalue weighted by atomic mass is 19.4. The first kappa shape index (κ1) is 31.5. The van der Waals surface area contributed by atoms with E-state index in [-0.39, 0.29) is 13.8 Å². The van der Waals surface area contributed by atoms with E-state index in [0.29, 0.717) is 0 Å². The van der Waals surface area contributed by atoms with Crippen molar-refractivity contribution in [3.63, 3.8) is 0 Å². The number of nitrogens with two attached hydrogens (primary N) is 4. The Bertz CT molecular complexity index is 670. The van der Waals surface area contributed by atoms with Crippen LogP contribution in [0.3, 0.4) is 0 Å². The molecule has 12 nitrogen and oxygen atoms in total. The van der Waals surface area contributed by atoms with Gasteiger partial charge in [0.05, 0.1) is 12.1 Å². The number of hydrogen-bond acceptors (Lipinski definition) is 8. The van der Waals surface area contributed by atoms with Crippen LogP contribution in [0.25, 0.3) is 0 Å². The molecule has 0 saturated heterocycles. The molecule has 0 aromatic rings. The number of hydrogen-bond donors (Lipinski definition) is 6. The molecular formula is C14H24F6N6O6. The van der Waals surface area contributed by atoms with Gasteiger partial charge in [-0.3, -0.25) is 19.6 Å². The fourth-order valence-corrected chi connectivity index (χ4v) is 1.60. The molecule has 0 radical (unpaired) electrons. The standard InChI is InChI=1S/2C7H12F3N3O3/c2*1-3(11)4(14)13(12)6(2,5(15)16)7(8,9)10/h2*3H,11-12H2,1-2H3,(H,15,16). The molecule has 0 fully saturated rings. The van der Waals surface area contributed by atoms with Crippen LogP contribution in [-0.2, 0) is 19.2 Å². The van der Waals surface area contributed by atoms with Crippen molar-refractivity contribution in [2.24, 2.45) is 23.2 Å². The Kier molecular flexibility index (Phi) is 10.1. The van der Waals surface area contributed by atoms with E-state index in [4.69, 9.17) is 33.4 Å². The van der Waals surface area contributed by atoms with Crippen LogP contribution < -0.4 is 23.2 Å². The van der Waals surface area contributed by atoms with Gasteiger partial charge in [0.1, 0.15) is 0 Å². The third-order valence-electron chi connectivity index (χ3n) is 4.15. The molecule has 18 heteroatoms. The lowest BCUT2D eigenvalue weighted by Crippen LogP contribution is -2.68. The maximum atomic E-state index is 12.5. The summed E-state index contributed by atoms with van der Waals surface area (Å²) in [6.45, 7) is 2.77. The minimum absolute atomic E-state index is 0.287. The Morgan fingerprint density at radius 1 is 0.688 bits per heavy atom. The third kappa shape index (κ3) is 6.17. The van der Waals surface area contributed by atoms with Crippen molar-refractivity contribution in [3.05, 3.63) is 0 Å². The first-order valence-electron chi connectivity index (χ1n) is 8.21. The second-order valence-electron chi connectivity index (χ2n) is 6.74. The smallest absolute Gasteiger partial charge is 0.423 e. The van der Waals surface area contributed by atoms with Gasteiger partial charge in [0, 0.05) is 0 Å². The maximum Gasteiger partial charge on any atom is 0.423 e. The molecule has 188 valence electrons. The monoisotopic (exact) mass is 486 g/mol. The third-order valence-corrected chi connectivity index (χ3v) is 4.15. The normalized spacial score (nSPS) is 17.4. The molecule has 10 N–H and O–H groups in total. The summed E-state index contributed by atoms with van der Waals surface area (Å²) in [6.07, 6.45) is -10.4. The second kappa shape index (κ2) is 10.3. The number of carbonyl (C=O) groups excluding carboxylic acids is 2. The molecule has 0 aliphatic rings. The Balaban J connectivity index is 0. The molecule has 0 aromatic heterocycles. The molecule has 4 atom stereocenters. The summed E-state index contributed by atoms with van der Waals surface area (Å²) in [7, 11) is 0. The van der Waals surface area contributed by atoms with Crippen LogP contribution in [0.4, 0.5) is 26.3 Å². The topological polar surface area (TPSA) is 219 Å². The van der Waals surface area contributed by atoms with Crippen LogP contribution in [0.1, 0.15) is 27.7 Å². The number of carbonyl (C=O) groups is 4. The van der Waals surface area contributed by atoms with Gasteiger partial charge in [-0.25, -0.2) is 21.3 Å². The van der Waals surface area contributed by atoms with Crippen molar-refractivity contribution < 1.29 is 55.7 Å². The number of alkyl halides is 6. The summed E-state index contributed by atoms with van der Waals surface area (Å²) >= 11 is 0. The maximum absolute atomic E-state index is 12.5. The fourth-order valence-electron chi connectivity index (χ4n) is 1.60. The lowest BCUT2D eigenvalue weighted by atomic mass is 10.0. The Hall–Kier alpha value is -2.70. The predicted molar refractivity (Wildman–Crippen MR) is 93.6 cm³/mol. The summed E-state index contributed by atoms with van der Waals surface area (Å²) < 4.78 is 75.2. The number of carboxylic acid groups (broad SMARTS) is 2. The lowest BCUT2D eigenvalue weighted by molar-refractivity contribution is -0.234. The largest absolute Gasteiger partial charge is 0.479 e. The fraction of sp³-hybridized carbons (Fsp3) is 0.714. The van der Waals surface area contributed by atoms with Gasteiger partial charge in [0.15, 0.2) is 0 Å². The minimum Gasteiger partial charge on any atom is -0.479 e. The van der Waals surface area contributed by atoms with Crippen LogP contribution in [0.15, 0.2) is 0 Å². The van der Waals surface area contributed by atoms with Gasteiger partial charge in [-0.15, -0.1) is 0 Å². The minimum atomic E-state index is -5.21. The van der Waals surface area contributed by atoms with Crippen molar-refractivity contribution in [1.82, 2.24) is 10.0 Å². The zero-order valence-electron chi connectivity index (χ0n) is 17.2. The first-order valence-corrected chi connectivity index (χ1v) is 8.21. The summed E-state index contributed by atoms with van der Waals surface area (Å²) in [5.41, 5.74) is 3.09. The average molecular weight is 486 g/mol. The van der Waals surface area contributed by atoms with Crippen molar-refractivity contribution in [2.45, 2.75) is 63.2 Å². The number of halogens is 6. The van der Waals surface area contributed by atoms with Gasteiger partial charge in [0.2, 0.25) is 11.1 Å². The van der Waals surface area contributed by atoms with Crippen molar-refractivity contribution in [2.75, 3.05) is 0 Å². The van der Waals surface area contributed by atoms with Crippen LogP contribution in [0, 0.1) is 0 Å². The average Bonchev–Trinajstić information content (AvgIpc) is 2.61. The highest BCUT2D eigenvalue weighted by Gasteiger charge is 2.63. The second-order valence-corrected chi connectivity index (χ2v) is 6.74. The van der Waals surface area contributed by atoms with Crippen molar-refractivity contribution in [3.8, 4) is 0 Å². The number of nitrogens with zero attached hydrogens (tertiary/aromatic N) is 2. The van der Waals surface area contributed by atoms with Crippen LogP contribution >= 0.6 is 0 Å². The first-order chi connectivity index (χ1) is 13.9. The van der Waals surface area contributed by atoms with Gasteiger partial charge in [0.25, 0.3) is 11.8 Å². The van der Waals surface area contributed by atoms with E-state index in [1.54, 1.807) is 0 Å². The predicted octanol–water partition coefficient (Wildman–Crippen LogP) is -1.12. The number of rotatable bonds is 6. The number of aliphatic carboxylic acids is 2. The number of carboxylic acids is 2. The van der Waals surface area contributed by atoms with E-state index in [2.05, 4.69) is 0 Å². The molecular weight excluding hydrogens is 462 g/mol. The zero-order valence-corrected chi connectivity index (χ0v) is 17.2. The molecule has 0 aliphatic heterocycles. The van der Waals surface area contributed by atoms with Gasteiger partial charge < -0.3 is 21.7 Å². The van der Waals surface area contributed by atoms with Crippen molar-refractivity contribution >= 4 is 23.8 Å². The Morgan fingerprint density at radius 3 is 0.969 bits per heavy atom. The van der Waals surface area contributed by atoms with E-state index in [1.807, 2.05) is 0 Å². The SMILES string of the molecule is CC(N)C(=O)N(N)C(C)(C(=O)O)C(F)(F)F.CC(N)C(=O)N(N)C(C)(C(=O)O)C(F)(F)F. The highest BCUT2D eigenvalue weighted by molar-refractivity contribution is 5.90. The molecule has 0 aliphatic carbocycles. The molecule has 0 aromatic carbocycles. The van der Waals surface area contributed by atoms with Gasteiger partial charge in [-0.1, -0.05) is 0 Å². The Labute approximate surface area is 177 Å². The molecule has 2 amide bonds. The van der Waals surface area contributed by atoms with E-state index in [0.717, 1.165) is 13.8 Å². The lowest BCUT2D eigenvalue weighted by Gasteiger charge is -2.36. The van der Waals surface area contributed by atoms with Gasteiger partial charge in [-0.05, 0) is 27.7 Å². The van der Waals surface area contributed by atoms with Crippen LogP contribution in [-0.4, -0.2) is 79.5 Å². The van der Waals surface area contributed by atoms with Gasteiger partial charge >= 0.3 is 24.3 Å². The summed E-state index contributed by atoms with van der Waals surface area (Å²) in [5, 5.41) is 16.3. The summed E-state index contributed by atoms with van der Waals surface area (Å²) in [6, 6.07) is -2.66. The quantitative estimate of drug-likeness (QED) is 0.115. The van der Waals surface area contributed by atoms with Gasteiger partial charge in [-0.2, -0.15) is 26.3 Å². The van der Waals surface area contributed by atoms with E-state index >= 15 is 0 Å². The molecule has 0 saturated carbocycles. The molecule has 0 bridgehead atoms. The number of amides is 2. The summed E-state index contributed by atoms with van der Waals surface area (Å²) in [4.78, 5) is 43.5. The molecule has 0 rings (SSSR count). The highest BCUT2D eigenvalue weighted by Crippen LogP contribution is 2.35. The van der Waals surface area contributed by atoms with E-state index in [1.165, 1.54) is 0 Å². The van der Waals surface area contributed by atoms with E-state index in [9.17, 15) is 45.5 Å². The molecule has 0 heterocycles. The number of hydrazine groups is 2.